The van der Waals surface area contributed by atoms with Crippen molar-refractivity contribution in [1.82, 2.24) is 19.9 Å². The summed E-state index contributed by atoms with van der Waals surface area (Å²) in [5, 5.41) is 26.5. The highest BCUT2D eigenvalue weighted by molar-refractivity contribution is 6.25. The van der Waals surface area contributed by atoms with Gasteiger partial charge in [0.2, 0.25) is 0 Å². The average Bonchev–Trinajstić information content (AvgIpc) is 0.727. The zero-order valence-electron chi connectivity index (χ0n) is 72.0. The minimum absolute atomic E-state index is 0.932. The number of fused-ring (bicyclic) bond motifs is 18. The molecule has 132 heavy (non-hydrogen) atoms. The molecular formula is C128H80N4. The van der Waals surface area contributed by atoms with Crippen molar-refractivity contribution in [2.24, 2.45) is 0 Å². The molecule has 0 aliphatic rings. The molecule has 0 fully saturated rings. The number of hydrogen-bond acceptors (Lipinski definition) is 4. The zero-order valence-corrected chi connectivity index (χ0v) is 72.0. The van der Waals surface area contributed by atoms with Crippen LogP contribution in [-0.2, 0) is 0 Å². The van der Waals surface area contributed by atoms with Gasteiger partial charge in [0.15, 0.2) is 0 Å². The van der Waals surface area contributed by atoms with Crippen molar-refractivity contribution in [2.75, 3.05) is 0 Å². The van der Waals surface area contributed by atoms with Crippen LogP contribution in [0.15, 0.2) is 485 Å². The maximum Gasteiger partial charge on any atom is 0.0794 e. The second kappa shape index (κ2) is 32.5. The van der Waals surface area contributed by atoms with E-state index in [-0.39, 0.29) is 0 Å². The second-order valence-electron chi connectivity index (χ2n) is 34.5. The average molecular weight is 1670 g/mol. The molecule has 0 unspecified atom stereocenters. The first-order chi connectivity index (χ1) is 65.4. The van der Waals surface area contributed by atoms with Crippen LogP contribution in [0.25, 0.3) is 264 Å². The normalized spacial score (nSPS) is 11.6. The van der Waals surface area contributed by atoms with E-state index in [0.29, 0.717) is 0 Å². The van der Waals surface area contributed by atoms with Crippen molar-refractivity contribution in [3.05, 3.63) is 485 Å². The molecule has 26 aromatic rings. The molecular weight excluding hydrogens is 1590 g/mol. The van der Waals surface area contributed by atoms with E-state index in [1.54, 1.807) is 0 Å². The second-order valence-corrected chi connectivity index (χ2v) is 34.5. The molecule has 0 aliphatic carbocycles. The lowest BCUT2D eigenvalue weighted by Gasteiger charge is -2.18. The third-order valence-corrected chi connectivity index (χ3v) is 26.8. The van der Waals surface area contributed by atoms with Gasteiger partial charge in [0.25, 0.3) is 0 Å². The van der Waals surface area contributed by atoms with E-state index in [1.165, 1.54) is 119 Å². The van der Waals surface area contributed by atoms with Crippen molar-refractivity contribution in [3.63, 3.8) is 0 Å². The van der Waals surface area contributed by atoms with Crippen LogP contribution in [0, 0.1) is 0 Å². The minimum atomic E-state index is 0.932. The first-order valence-corrected chi connectivity index (χ1v) is 45.3. The van der Waals surface area contributed by atoms with E-state index in [0.717, 1.165) is 145 Å². The number of pyridine rings is 4. The van der Waals surface area contributed by atoms with E-state index < -0.39 is 0 Å². The molecule has 0 spiro atoms. The molecule has 0 amide bonds. The molecule has 0 saturated carbocycles. The molecule has 4 nitrogen and oxygen atoms in total. The Morgan fingerprint density at radius 1 is 0.0985 bits per heavy atom. The van der Waals surface area contributed by atoms with Crippen LogP contribution in [0.2, 0.25) is 0 Å². The number of aromatic nitrogens is 4. The SMILES string of the molecule is c1ccc(-c2cc(-c3ccc(-c4cc(-c5cc6ccccc6c6ccccc56)nc5c4cc(-c4cc6ccccc6c6ccccc46)c4ccccc45)cc3)cc(-c3ccccc3)n2)cc1.c1ccc(-c2cc(-c3ccccc3)nc(-c3ccc(-c4cc(-c5cc6ccccc6c6ccccc56)nc5c4cc(-c4cc6ccccc6c6ccccc46)c4ccccc45)cc3)c2)cc1. The van der Waals surface area contributed by atoms with Gasteiger partial charge in [-0.2, -0.15) is 0 Å². The van der Waals surface area contributed by atoms with Crippen molar-refractivity contribution in [3.8, 4) is 134 Å². The Morgan fingerprint density at radius 3 is 0.629 bits per heavy atom. The summed E-state index contributed by atoms with van der Waals surface area (Å²) in [6.45, 7) is 0. The molecule has 4 aromatic heterocycles. The van der Waals surface area contributed by atoms with Gasteiger partial charge in [-0.25, -0.2) is 19.9 Å². The van der Waals surface area contributed by atoms with Crippen LogP contribution in [0.5, 0.6) is 0 Å². The Labute approximate surface area is 763 Å². The summed E-state index contributed by atoms with van der Waals surface area (Å²) >= 11 is 0. The summed E-state index contributed by atoms with van der Waals surface area (Å²) in [5.74, 6) is 0. The fourth-order valence-electron chi connectivity index (χ4n) is 20.5. The lowest BCUT2D eigenvalue weighted by molar-refractivity contribution is 1.32. The smallest absolute Gasteiger partial charge is 0.0794 e. The van der Waals surface area contributed by atoms with Gasteiger partial charge < -0.3 is 0 Å². The molecule has 612 valence electrons. The Balaban J connectivity index is 0.000000142. The first kappa shape index (κ1) is 76.9. The van der Waals surface area contributed by atoms with E-state index in [4.69, 9.17) is 19.9 Å². The molecule has 0 saturated heterocycles. The molecule has 4 heterocycles. The molecule has 26 rings (SSSR count). The highest BCUT2D eigenvalue weighted by Gasteiger charge is 2.25. The topological polar surface area (TPSA) is 51.6 Å². The molecule has 0 bridgehead atoms. The Kier molecular flexibility index (Phi) is 18.9. The predicted molar refractivity (Wildman–Crippen MR) is 559 cm³/mol. The van der Waals surface area contributed by atoms with Crippen LogP contribution < -0.4 is 0 Å². The van der Waals surface area contributed by atoms with Gasteiger partial charge in [-0.1, -0.05) is 413 Å². The van der Waals surface area contributed by atoms with Gasteiger partial charge in [0.1, 0.15) is 0 Å². The lowest BCUT2D eigenvalue weighted by Crippen LogP contribution is -1.95. The van der Waals surface area contributed by atoms with Gasteiger partial charge in [0, 0.05) is 54.9 Å². The summed E-state index contributed by atoms with van der Waals surface area (Å²) in [5.41, 5.74) is 28.1. The van der Waals surface area contributed by atoms with Crippen molar-refractivity contribution < 1.29 is 0 Å². The van der Waals surface area contributed by atoms with Gasteiger partial charge in [-0.3, -0.25) is 0 Å². The van der Waals surface area contributed by atoms with E-state index in [2.05, 4.69) is 485 Å². The largest absolute Gasteiger partial charge is 0.248 e. The summed E-state index contributed by atoms with van der Waals surface area (Å²) in [6.07, 6.45) is 0. The lowest BCUT2D eigenvalue weighted by atomic mass is 9.87. The maximum atomic E-state index is 5.70. The molecule has 0 aliphatic heterocycles. The minimum Gasteiger partial charge on any atom is -0.248 e. The third kappa shape index (κ3) is 13.6. The standard InChI is InChI=1S/2C64H40N2/c1-3-17-43(18-4-1)61-37-47(38-62(65-61)44-19-5-2-6-20-44)41-31-33-42(34-32-41)56-40-63(59-36-46-22-8-10-24-49(46)51-26-12-14-28-53(51)59)66-64-55-30-16-15-29-54(55)58(39-60(56)64)57-35-45-21-7-9-23-48(45)50-25-11-13-27-52(50)57;1-3-17-41(18-4-1)47-37-61(43-19-5-2-6-20-43)65-62(38-47)44-33-31-42(32-34-44)56-40-63(59-36-46-22-8-10-24-49(46)51-26-12-14-28-53(51)59)66-64-55-30-16-15-29-54(55)58(39-60(56)64)57-35-45-21-7-9-23-48(45)50-25-11-13-27-52(50)57/h2*1-40H. The van der Waals surface area contributed by atoms with Crippen LogP contribution in [0.4, 0.5) is 0 Å². The van der Waals surface area contributed by atoms with Gasteiger partial charge in [-0.05, 0) is 237 Å². The highest BCUT2D eigenvalue weighted by atomic mass is 14.7. The maximum absolute atomic E-state index is 5.70. The molecule has 0 N–H and O–H groups in total. The van der Waals surface area contributed by atoms with Crippen LogP contribution in [-0.4, -0.2) is 19.9 Å². The molecule has 0 atom stereocenters. The summed E-state index contributed by atoms with van der Waals surface area (Å²) in [6, 6.07) is 176. The molecule has 4 heteroatoms. The van der Waals surface area contributed by atoms with Crippen LogP contribution >= 0.6 is 0 Å². The van der Waals surface area contributed by atoms with Crippen LogP contribution in [0.3, 0.4) is 0 Å². The Morgan fingerprint density at radius 2 is 0.311 bits per heavy atom. The van der Waals surface area contributed by atoms with E-state index in [1.807, 2.05) is 0 Å². The van der Waals surface area contributed by atoms with Crippen molar-refractivity contribution in [1.29, 1.82) is 0 Å². The first-order valence-electron chi connectivity index (χ1n) is 45.3. The summed E-state index contributed by atoms with van der Waals surface area (Å²) < 4.78 is 0. The Bertz CT molecular complexity index is 8460. The molecule has 0 radical (unpaired) electrons. The highest BCUT2D eigenvalue weighted by Crippen LogP contribution is 2.50. The van der Waals surface area contributed by atoms with Gasteiger partial charge in [0.05, 0.1) is 45.2 Å². The van der Waals surface area contributed by atoms with Crippen molar-refractivity contribution >= 4 is 130 Å². The number of rotatable bonds is 12. The third-order valence-electron chi connectivity index (χ3n) is 26.8. The summed E-state index contributed by atoms with van der Waals surface area (Å²) in [4.78, 5) is 21.8. The van der Waals surface area contributed by atoms with Crippen molar-refractivity contribution in [2.45, 2.75) is 0 Å². The zero-order chi connectivity index (χ0) is 87.1. The Hall–Kier alpha value is -17.4. The van der Waals surface area contributed by atoms with E-state index in [9.17, 15) is 0 Å². The summed E-state index contributed by atoms with van der Waals surface area (Å²) in [7, 11) is 0. The van der Waals surface area contributed by atoms with Gasteiger partial charge in [-0.15, -0.1) is 0 Å². The van der Waals surface area contributed by atoms with Gasteiger partial charge >= 0.3 is 0 Å². The number of benzene rings is 22. The quantitative estimate of drug-likeness (QED) is 0.114. The van der Waals surface area contributed by atoms with Crippen LogP contribution in [0.1, 0.15) is 0 Å². The fraction of sp³-hybridized carbons (Fsp3) is 0. The van der Waals surface area contributed by atoms with E-state index >= 15 is 0 Å². The monoisotopic (exact) mass is 1670 g/mol. The number of nitrogens with zero attached hydrogens (tertiary/aromatic N) is 4. The molecule has 22 aromatic carbocycles. The predicted octanol–water partition coefficient (Wildman–Crippen LogP) is 34.8. The number of hydrogen-bond donors (Lipinski definition) is 0. The fourth-order valence-corrected chi connectivity index (χ4v) is 20.5.